The molecule has 0 radical (unpaired) electrons. The Morgan fingerprint density at radius 3 is 2.96 bits per heavy atom. The summed E-state index contributed by atoms with van der Waals surface area (Å²) in [6.45, 7) is 2.52. The minimum atomic E-state index is -0.693. The van der Waals surface area contributed by atoms with Crippen LogP contribution in [0.15, 0.2) is 36.4 Å². The van der Waals surface area contributed by atoms with Crippen molar-refractivity contribution in [3.63, 3.8) is 0 Å². The molecule has 120 valence electrons. The normalized spacial score (nSPS) is 34.1. The molecule has 0 saturated carbocycles. The van der Waals surface area contributed by atoms with E-state index in [1.54, 1.807) is 4.90 Å². The van der Waals surface area contributed by atoms with Crippen molar-refractivity contribution in [2.75, 3.05) is 18.6 Å². The topological polar surface area (TPSA) is 55.8 Å². The molecule has 2 bridgehead atoms. The molecule has 3 aliphatic rings. The van der Waals surface area contributed by atoms with Crippen LogP contribution >= 0.6 is 0 Å². The maximum absolute atomic E-state index is 13.1. The maximum atomic E-state index is 13.1. The van der Waals surface area contributed by atoms with Crippen molar-refractivity contribution in [1.29, 1.82) is 0 Å². The lowest BCUT2D eigenvalue weighted by Gasteiger charge is -2.23. The van der Waals surface area contributed by atoms with E-state index in [2.05, 4.69) is 6.92 Å². The van der Waals surface area contributed by atoms with E-state index in [4.69, 9.17) is 9.47 Å². The second kappa shape index (κ2) is 4.93. The number of methoxy groups -OCH3 is 1. The van der Waals surface area contributed by atoms with Crippen LogP contribution in [0.25, 0.3) is 0 Å². The quantitative estimate of drug-likeness (QED) is 0.630. The largest absolute Gasteiger partial charge is 0.469 e. The zero-order chi connectivity index (χ0) is 16.2. The van der Waals surface area contributed by atoms with Gasteiger partial charge in [-0.3, -0.25) is 9.59 Å². The van der Waals surface area contributed by atoms with E-state index in [9.17, 15) is 9.59 Å². The van der Waals surface area contributed by atoms with Crippen LogP contribution in [-0.2, 0) is 25.5 Å². The molecule has 3 aliphatic heterocycles. The summed E-state index contributed by atoms with van der Waals surface area (Å²) in [6, 6.07) is 7.89. The number of anilines is 1. The summed E-state index contributed by atoms with van der Waals surface area (Å²) in [5, 5.41) is 0. The van der Waals surface area contributed by atoms with E-state index in [0.29, 0.717) is 6.54 Å². The van der Waals surface area contributed by atoms with Crippen LogP contribution in [0.4, 0.5) is 5.69 Å². The number of ether oxygens (including phenoxy) is 2. The first-order valence-corrected chi connectivity index (χ1v) is 7.95. The molecule has 23 heavy (non-hydrogen) atoms. The molecule has 1 amide bonds. The molecular formula is C18H19NO4. The molecule has 2 fully saturated rings. The molecule has 0 aromatic heterocycles. The first-order chi connectivity index (χ1) is 11.1. The number of fused-ring (bicyclic) bond motifs is 1. The fourth-order valence-electron chi connectivity index (χ4n) is 4.18. The van der Waals surface area contributed by atoms with Gasteiger partial charge in [0.15, 0.2) is 0 Å². The molecule has 3 heterocycles. The van der Waals surface area contributed by atoms with Crippen LogP contribution < -0.4 is 4.90 Å². The van der Waals surface area contributed by atoms with Gasteiger partial charge in [-0.1, -0.05) is 37.3 Å². The Morgan fingerprint density at radius 1 is 1.43 bits per heavy atom. The Labute approximate surface area is 134 Å². The fraction of sp³-hybridized carbons (Fsp3) is 0.444. The summed E-state index contributed by atoms with van der Waals surface area (Å²) in [5.41, 5.74) is 1.33. The molecule has 1 aromatic rings. The Hall–Kier alpha value is -2.14. The molecule has 5 nitrogen and oxygen atoms in total. The third-order valence-corrected chi connectivity index (χ3v) is 5.24. The number of esters is 1. The Bertz CT molecular complexity index is 713. The number of amides is 1. The number of carbonyl (C=O) groups is 2. The summed E-state index contributed by atoms with van der Waals surface area (Å²) < 4.78 is 10.9. The van der Waals surface area contributed by atoms with Crippen molar-refractivity contribution >= 4 is 17.6 Å². The molecule has 2 saturated heterocycles. The third-order valence-electron chi connectivity index (χ3n) is 5.24. The SMILES string of the molecule is CCc1ccccc1N1C[C@@]23C=C[C@H](O2)[C@H](C(=O)OC)[C@@H]3C1=O. The smallest absolute Gasteiger partial charge is 0.312 e. The lowest BCUT2D eigenvalue weighted by atomic mass is 9.77. The van der Waals surface area contributed by atoms with E-state index in [0.717, 1.165) is 17.7 Å². The minimum absolute atomic E-state index is 0.0480. The van der Waals surface area contributed by atoms with Crippen molar-refractivity contribution in [3.8, 4) is 0 Å². The van der Waals surface area contributed by atoms with E-state index in [1.807, 2.05) is 36.4 Å². The number of carbonyl (C=O) groups excluding carboxylic acids is 2. The van der Waals surface area contributed by atoms with Gasteiger partial charge in [0.25, 0.3) is 0 Å². The minimum Gasteiger partial charge on any atom is -0.469 e. The van der Waals surface area contributed by atoms with Crippen molar-refractivity contribution in [1.82, 2.24) is 0 Å². The first-order valence-electron chi connectivity index (χ1n) is 7.95. The fourth-order valence-corrected chi connectivity index (χ4v) is 4.18. The van der Waals surface area contributed by atoms with E-state index in [1.165, 1.54) is 7.11 Å². The number of aryl methyl sites for hydroxylation is 1. The summed E-state index contributed by atoms with van der Waals surface area (Å²) in [6.07, 6.45) is 4.34. The standard InChI is InChI=1S/C18H19NO4/c1-3-11-6-4-5-7-12(11)19-10-18-9-8-13(23-18)14(17(21)22-2)15(18)16(19)20/h4-9,13-15H,3,10H2,1-2H3/t13-,14-,15+,18+/m0/s1. The molecular weight excluding hydrogens is 294 g/mol. The van der Waals surface area contributed by atoms with Crippen LogP contribution in [-0.4, -0.2) is 37.2 Å². The number of hydrogen-bond acceptors (Lipinski definition) is 4. The predicted octanol–water partition coefficient (Wildman–Crippen LogP) is 1.71. The predicted molar refractivity (Wildman–Crippen MR) is 83.9 cm³/mol. The van der Waals surface area contributed by atoms with Crippen molar-refractivity contribution in [3.05, 3.63) is 42.0 Å². The second-order valence-electron chi connectivity index (χ2n) is 6.33. The van der Waals surface area contributed by atoms with E-state index < -0.39 is 17.4 Å². The third kappa shape index (κ3) is 1.83. The van der Waals surface area contributed by atoms with Gasteiger partial charge in [0.05, 0.1) is 25.7 Å². The molecule has 0 N–H and O–H groups in total. The van der Waals surface area contributed by atoms with Crippen molar-refractivity contribution in [2.24, 2.45) is 11.8 Å². The molecule has 4 rings (SSSR count). The zero-order valence-electron chi connectivity index (χ0n) is 13.2. The molecule has 1 spiro atoms. The van der Waals surface area contributed by atoms with Gasteiger partial charge in [0.1, 0.15) is 11.5 Å². The molecule has 1 aromatic carbocycles. The Kier molecular flexibility index (Phi) is 3.10. The van der Waals surface area contributed by atoms with Gasteiger partial charge in [-0.15, -0.1) is 0 Å². The summed E-state index contributed by atoms with van der Waals surface area (Å²) in [4.78, 5) is 27.0. The lowest BCUT2D eigenvalue weighted by Crippen LogP contribution is -2.39. The highest BCUT2D eigenvalue weighted by molar-refractivity contribution is 6.03. The number of rotatable bonds is 3. The zero-order valence-corrected chi connectivity index (χ0v) is 13.2. The summed E-state index contributed by atoms with van der Waals surface area (Å²) >= 11 is 0. The number of benzene rings is 1. The second-order valence-corrected chi connectivity index (χ2v) is 6.33. The Morgan fingerprint density at radius 2 is 2.22 bits per heavy atom. The van der Waals surface area contributed by atoms with Crippen LogP contribution in [0.5, 0.6) is 0 Å². The van der Waals surface area contributed by atoms with Gasteiger partial charge < -0.3 is 14.4 Å². The summed E-state index contributed by atoms with van der Waals surface area (Å²) in [7, 11) is 1.36. The monoisotopic (exact) mass is 313 g/mol. The molecule has 4 atom stereocenters. The Balaban J connectivity index is 1.75. The van der Waals surface area contributed by atoms with Gasteiger partial charge in [0.2, 0.25) is 5.91 Å². The first kappa shape index (κ1) is 14.5. The van der Waals surface area contributed by atoms with Crippen molar-refractivity contribution in [2.45, 2.75) is 25.0 Å². The average molecular weight is 313 g/mol. The highest BCUT2D eigenvalue weighted by Gasteiger charge is 2.67. The van der Waals surface area contributed by atoms with E-state index >= 15 is 0 Å². The van der Waals surface area contributed by atoms with Gasteiger partial charge in [0, 0.05) is 5.69 Å². The van der Waals surface area contributed by atoms with Crippen LogP contribution in [0, 0.1) is 11.8 Å². The highest BCUT2D eigenvalue weighted by Crippen LogP contribution is 2.53. The molecule has 5 heteroatoms. The van der Waals surface area contributed by atoms with Gasteiger partial charge in [-0.25, -0.2) is 0 Å². The molecule has 0 aliphatic carbocycles. The van der Waals surface area contributed by atoms with Crippen LogP contribution in [0.3, 0.4) is 0 Å². The van der Waals surface area contributed by atoms with E-state index in [-0.39, 0.29) is 18.0 Å². The van der Waals surface area contributed by atoms with Crippen LogP contribution in [0.2, 0.25) is 0 Å². The van der Waals surface area contributed by atoms with Gasteiger partial charge >= 0.3 is 5.97 Å². The molecule has 0 unspecified atom stereocenters. The highest BCUT2D eigenvalue weighted by atomic mass is 16.5. The number of para-hydroxylation sites is 1. The van der Waals surface area contributed by atoms with Gasteiger partial charge in [-0.2, -0.15) is 0 Å². The number of hydrogen-bond donors (Lipinski definition) is 0. The van der Waals surface area contributed by atoms with Gasteiger partial charge in [-0.05, 0) is 18.1 Å². The average Bonchev–Trinajstić information content (AvgIpc) is 3.22. The van der Waals surface area contributed by atoms with Crippen LogP contribution in [0.1, 0.15) is 12.5 Å². The number of nitrogens with zero attached hydrogens (tertiary/aromatic N) is 1. The maximum Gasteiger partial charge on any atom is 0.312 e. The summed E-state index contributed by atoms with van der Waals surface area (Å²) in [5.74, 6) is -1.45. The van der Waals surface area contributed by atoms with Crippen molar-refractivity contribution < 1.29 is 19.1 Å². The lowest BCUT2D eigenvalue weighted by molar-refractivity contribution is -0.149.